The molecule has 3 atom stereocenters. The van der Waals surface area contributed by atoms with E-state index in [1.165, 1.54) is 0 Å². The monoisotopic (exact) mass is 264 g/mol. The summed E-state index contributed by atoms with van der Waals surface area (Å²) in [6.45, 7) is 5.54. The minimum absolute atomic E-state index is 0.112. The lowest BCUT2D eigenvalue weighted by Gasteiger charge is -2.11. The lowest BCUT2D eigenvalue weighted by Crippen LogP contribution is -2.15. The van der Waals surface area contributed by atoms with Gasteiger partial charge >= 0.3 is 0 Å². The molecule has 0 aromatic heterocycles. The number of rotatable bonds is 4. The fourth-order valence-corrected chi connectivity index (χ4v) is 3.10. The van der Waals surface area contributed by atoms with Crippen LogP contribution in [0.25, 0.3) is 0 Å². The number of hydrogen-bond donors (Lipinski definition) is 1. The van der Waals surface area contributed by atoms with Crippen molar-refractivity contribution in [3.8, 4) is 0 Å². The molecule has 1 aromatic rings. The van der Waals surface area contributed by atoms with Gasteiger partial charge in [0, 0.05) is 4.90 Å². The Labute approximate surface area is 109 Å². The molecule has 0 amide bonds. The Morgan fingerprint density at radius 1 is 1.44 bits per heavy atom. The number of benzene rings is 1. The molecular formula is C14H16O3S. The molecule has 0 saturated heterocycles. The van der Waals surface area contributed by atoms with Crippen LogP contribution in [0.15, 0.2) is 52.8 Å². The zero-order valence-electron chi connectivity index (χ0n) is 10.2. The molecule has 1 heterocycles. The van der Waals surface area contributed by atoms with Gasteiger partial charge in [-0.3, -0.25) is 0 Å². The van der Waals surface area contributed by atoms with Crippen LogP contribution < -0.4 is 0 Å². The molecule has 0 bridgehead atoms. The topological polar surface area (TPSA) is 46.5 Å². The first kappa shape index (κ1) is 13.2. The van der Waals surface area contributed by atoms with Crippen molar-refractivity contribution in [2.24, 2.45) is 0 Å². The first-order chi connectivity index (χ1) is 8.65. The lowest BCUT2D eigenvalue weighted by molar-refractivity contribution is 0.0447. The van der Waals surface area contributed by atoms with E-state index in [0.29, 0.717) is 4.91 Å². The van der Waals surface area contributed by atoms with Gasteiger partial charge in [0.05, 0.1) is 22.3 Å². The van der Waals surface area contributed by atoms with E-state index in [1.807, 2.05) is 31.2 Å². The number of hydrogen-bond acceptors (Lipinski definition) is 3. The molecule has 3 nitrogen and oxygen atoms in total. The highest BCUT2D eigenvalue weighted by Crippen LogP contribution is 2.27. The Morgan fingerprint density at radius 3 is 2.67 bits per heavy atom. The summed E-state index contributed by atoms with van der Waals surface area (Å²) < 4.78 is 17.9. The lowest BCUT2D eigenvalue weighted by atomic mass is 10.2. The number of ether oxygens (including phenoxy) is 1. The Hall–Kier alpha value is -1.23. The summed E-state index contributed by atoms with van der Waals surface area (Å²) in [7, 11) is -1.27. The molecule has 2 rings (SSSR count). The van der Waals surface area contributed by atoms with Crippen molar-refractivity contribution in [1.29, 1.82) is 0 Å². The normalized spacial score (nSPS) is 24.7. The highest BCUT2D eigenvalue weighted by atomic mass is 32.2. The van der Waals surface area contributed by atoms with Crippen LogP contribution in [0, 0.1) is 6.92 Å². The van der Waals surface area contributed by atoms with Gasteiger partial charge in [-0.1, -0.05) is 23.8 Å². The minimum Gasteiger partial charge on any atom is -0.393 e. The average Bonchev–Trinajstić information content (AvgIpc) is 2.82. The van der Waals surface area contributed by atoms with Crippen molar-refractivity contribution >= 4 is 10.8 Å². The van der Waals surface area contributed by atoms with Gasteiger partial charge in [-0.15, -0.1) is 6.58 Å². The first-order valence-electron chi connectivity index (χ1n) is 5.74. The van der Waals surface area contributed by atoms with E-state index in [0.717, 1.165) is 10.5 Å². The second kappa shape index (κ2) is 5.61. The summed E-state index contributed by atoms with van der Waals surface area (Å²) in [5.41, 5.74) is 1.13. The fraction of sp³-hybridized carbons (Fsp3) is 0.286. The minimum atomic E-state index is -1.27. The predicted octanol–water partition coefficient (Wildman–Crippen LogP) is 1.93. The maximum absolute atomic E-state index is 12.4. The first-order valence-corrected chi connectivity index (χ1v) is 6.89. The molecule has 0 radical (unpaired) electrons. The van der Waals surface area contributed by atoms with Crippen molar-refractivity contribution in [2.75, 3.05) is 6.61 Å². The van der Waals surface area contributed by atoms with Crippen LogP contribution in [-0.4, -0.2) is 28.1 Å². The van der Waals surface area contributed by atoms with Crippen LogP contribution in [0.4, 0.5) is 0 Å². The van der Waals surface area contributed by atoms with Crippen LogP contribution in [-0.2, 0) is 15.5 Å². The van der Waals surface area contributed by atoms with Crippen LogP contribution in [0.2, 0.25) is 0 Å². The smallest absolute Gasteiger partial charge is 0.110 e. The predicted molar refractivity (Wildman–Crippen MR) is 71.6 cm³/mol. The summed E-state index contributed by atoms with van der Waals surface area (Å²) in [6, 6.07) is 7.55. The highest BCUT2D eigenvalue weighted by Gasteiger charge is 2.28. The number of aliphatic hydroxyl groups excluding tert-OH is 1. The van der Waals surface area contributed by atoms with E-state index in [-0.39, 0.29) is 12.7 Å². The van der Waals surface area contributed by atoms with Crippen molar-refractivity contribution in [3.63, 3.8) is 0 Å². The third kappa shape index (κ3) is 2.61. The van der Waals surface area contributed by atoms with Gasteiger partial charge < -0.3 is 9.84 Å². The Kier molecular flexibility index (Phi) is 4.11. The molecule has 0 fully saturated rings. The van der Waals surface area contributed by atoms with E-state index in [1.54, 1.807) is 12.2 Å². The van der Waals surface area contributed by atoms with E-state index < -0.39 is 16.9 Å². The molecule has 0 aliphatic carbocycles. The third-order valence-electron chi connectivity index (χ3n) is 2.80. The molecule has 0 spiro atoms. The van der Waals surface area contributed by atoms with E-state index >= 15 is 0 Å². The van der Waals surface area contributed by atoms with Crippen LogP contribution in [0.3, 0.4) is 0 Å². The fourth-order valence-electron chi connectivity index (χ4n) is 1.81. The van der Waals surface area contributed by atoms with Gasteiger partial charge in [0.1, 0.15) is 12.2 Å². The van der Waals surface area contributed by atoms with Gasteiger partial charge in [0.15, 0.2) is 0 Å². The van der Waals surface area contributed by atoms with Crippen molar-refractivity contribution < 1.29 is 14.1 Å². The van der Waals surface area contributed by atoms with E-state index in [4.69, 9.17) is 9.84 Å². The summed E-state index contributed by atoms with van der Waals surface area (Å²) in [5, 5.41) is 9.08. The third-order valence-corrected chi connectivity index (χ3v) is 4.29. The Balaban J connectivity index is 2.27. The largest absolute Gasteiger partial charge is 0.393 e. The van der Waals surface area contributed by atoms with Crippen molar-refractivity contribution in [2.45, 2.75) is 24.0 Å². The second-order valence-corrected chi connectivity index (χ2v) is 5.64. The van der Waals surface area contributed by atoms with Crippen LogP contribution in [0.5, 0.6) is 0 Å². The molecular weight excluding hydrogens is 248 g/mol. The molecule has 96 valence electrons. The van der Waals surface area contributed by atoms with Crippen molar-refractivity contribution in [3.05, 3.63) is 53.5 Å². The van der Waals surface area contributed by atoms with E-state index in [9.17, 15) is 4.21 Å². The highest BCUT2D eigenvalue weighted by molar-refractivity contribution is 7.89. The maximum Gasteiger partial charge on any atom is 0.110 e. The van der Waals surface area contributed by atoms with Crippen molar-refractivity contribution in [1.82, 2.24) is 0 Å². The molecule has 1 aliphatic heterocycles. The molecule has 1 aromatic carbocycles. The standard InChI is InChI=1S/C14H16O3S/c1-3-13-14(8-11(9-15)17-13)18(16)12-6-4-10(2)5-7-12/h3-8,11,13,15H,1,9H2,2H3/t11-,13-,18-/m0/s1. The van der Waals surface area contributed by atoms with Gasteiger partial charge in [-0.25, -0.2) is 4.21 Å². The molecule has 4 heteroatoms. The van der Waals surface area contributed by atoms with Gasteiger partial charge in [-0.05, 0) is 25.1 Å². The molecule has 1 N–H and O–H groups in total. The summed E-state index contributed by atoms with van der Waals surface area (Å²) >= 11 is 0. The van der Waals surface area contributed by atoms with Crippen LogP contribution >= 0.6 is 0 Å². The zero-order chi connectivity index (χ0) is 13.1. The molecule has 0 saturated carbocycles. The van der Waals surface area contributed by atoms with Gasteiger partial charge in [-0.2, -0.15) is 0 Å². The zero-order valence-corrected chi connectivity index (χ0v) is 11.0. The number of aryl methyl sites for hydroxylation is 1. The average molecular weight is 264 g/mol. The molecule has 18 heavy (non-hydrogen) atoms. The summed E-state index contributed by atoms with van der Waals surface area (Å²) in [5.74, 6) is 0. The Bertz CT molecular complexity index is 490. The van der Waals surface area contributed by atoms with E-state index in [2.05, 4.69) is 6.58 Å². The van der Waals surface area contributed by atoms with Gasteiger partial charge in [0.25, 0.3) is 0 Å². The number of aliphatic hydroxyl groups is 1. The van der Waals surface area contributed by atoms with Gasteiger partial charge in [0.2, 0.25) is 0 Å². The quantitative estimate of drug-likeness (QED) is 0.845. The molecule has 1 aliphatic rings. The molecule has 0 unspecified atom stereocenters. The second-order valence-electron chi connectivity index (χ2n) is 4.16. The maximum atomic E-state index is 12.4. The summed E-state index contributed by atoms with van der Waals surface area (Å²) in [4.78, 5) is 1.40. The SMILES string of the molecule is C=C[C@@H]1O[C@H](CO)C=C1[S@@](=O)c1ccc(C)cc1. The summed E-state index contributed by atoms with van der Waals surface area (Å²) in [6.07, 6.45) is 2.55. The van der Waals surface area contributed by atoms with Crippen LogP contribution in [0.1, 0.15) is 5.56 Å². The Morgan fingerprint density at radius 2 is 2.11 bits per heavy atom.